The molecule has 1 saturated heterocycles. The maximum atomic E-state index is 12.7. The summed E-state index contributed by atoms with van der Waals surface area (Å²) in [6.07, 6.45) is -9.14. The van der Waals surface area contributed by atoms with Crippen LogP contribution in [-0.4, -0.2) is 140 Å². The fraction of sp³-hybridized carbons (Fsp3) is 0.667. The van der Waals surface area contributed by atoms with Crippen molar-refractivity contribution in [2.24, 2.45) is 5.41 Å². The number of ether oxygens (including phenoxy) is 1. The minimum Gasteiger partial charge on any atom is -0.550 e. The minimum atomic E-state index is -5.60. The summed E-state index contributed by atoms with van der Waals surface area (Å²) in [4.78, 5) is 97.7. The van der Waals surface area contributed by atoms with Gasteiger partial charge in [-0.1, -0.05) is 25.6 Å². The molecule has 0 spiro atoms. The van der Waals surface area contributed by atoms with Gasteiger partial charge in [-0.15, -0.1) is 0 Å². The van der Waals surface area contributed by atoms with E-state index in [1.165, 1.54) is 13.8 Å². The molecule has 2 aromatic rings. The van der Waals surface area contributed by atoms with Gasteiger partial charge < -0.3 is 65.9 Å². The van der Waals surface area contributed by atoms with Crippen LogP contribution in [0.1, 0.15) is 45.8 Å². The minimum absolute atomic E-state index is 0.0149. The van der Waals surface area contributed by atoms with E-state index in [9.17, 15) is 72.9 Å². The Bertz CT molecular complexity index is 1920. The predicted molar refractivity (Wildman–Crippen MR) is 192 cm³/mol. The highest BCUT2D eigenvalue weighted by Crippen LogP contribution is 2.61. The van der Waals surface area contributed by atoms with E-state index in [1.807, 2.05) is 0 Å². The second-order valence-corrected chi connectivity index (χ2v) is 18.4. The zero-order valence-corrected chi connectivity index (χ0v) is 34.0. The van der Waals surface area contributed by atoms with Crippen molar-refractivity contribution < 1.29 is 95.5 Å². The second-order valence-electron chi connectivity index (χ2n) is 13.1. The molecule has 31 heteroatoms. The van der Waals surface area contributed by atoms with Gasteiger partial charge >= 0.3 is 23.5 Å². The maximum absolute atomic E-state index is 12.7. The molecule has 2 aromatic heterocycles. The summed E-state index contributed by atoms with van der Waals surface area (Å²) in [5.74, 6) is -2.85. The Morgan fingerprint density at radius 1 is 1.03 bits per heavy atom. The van der Waals surface area contributed by atoms with Gasteiger partial charge in [0, 0.05) is 43.1 Å². The van der Waals surface area contributed by atoms with Crippen LogP contribution in [0, 0.1) is 5.41 Å². The summed E-state index contributed by atoms with van der Waals surface area (Å²) in [6, 6.07) is 0. The number of phosphoric ester groups is 3. The lowest BCUT2D eigenvalue weighted by molar-refractivity contribution is -0.306. The average Bonchev–Trinajstić information content (AvgIpc) is 3.67. The number of carbonyl (C=O) groups is 4. The predicted octanol–water partition coefficient (Wildman–Crippen LogP) is -3.05. The van der Waals surface area contributed by atoms with E-state index in [0.717, 1.165) is 29.0 Å². The lowest BCUT2D eigenvalue weighted by Crippen LogP contribution is -2.46. The summed E-state index contributed by atoms with van der Waals surface area (Å²) in [5.41, 5.74) is 4.18. The van der Waals surface area contributed by atoms with E-state index < -0.39 is 108 Å². The first-order chi connectivity index (χ1) is 26.8. The summed E-state index contributed by atoms with van der Waals surface area (Å²) < 4.78 is 62.0. The molecule has 27 nitrogen and oxygen atoms in total. The van der Waals surface area contributed by atoms with Gasteiger partial charge in [-0.25, -0.2) is 28.6 Å². The normalized spacial score (nSPS) is 21.8. The van der Waals surface area contributed by atoms with Crippen LogP contribution in [0.25, 0.3) is 11.2 Å². The van der Waals surface area contributed by atoms with Gasteiger partial charge in [0.15, 0.2) is 22.8 Å². The monoisotopic (exact) mass is 910 g/mol. The Morgan fingerprint density at radius 3 is 2.36 bits per heavy atom. The van der Waals surface area contributed by atoms with Gasteiger partial charge in [0.2, 0.25) is 11.8 Å². The molecule has 1 aliphatic heterocycles. The van der Waals surface area contributed by atoms with Crippen molar-refractivity contribution in [3.63, 3.8) is 0 Å². The van der Waals surface area contributed by atoms with E-state index in [4.69, 9.17) is 19.5 Å². The standard InChI is InChI=1S/C27H44N7O20P3S/c1-27(2,22(41)25(42)30-6-5-16(36)29-7-8-58-18(39)9-14(35)3-4-17(37)38)11-51-57(48,49)54-56(46,47)50-10-15-21(53-55(43,44)45)20(40)26(52-15)34-13-33-19-23(28)31-12-32-24(19)34/h12-15,20-22,26,35,40-41H,3-11H2,1-2H3,(H,29,36)(H,30,42)(H,37,38)(H,46,47)(H,48,49)(H2,28,31,32)(H2,43,44,45)/p-1/t14?,15-,20-,21-,22+,26-/m1/s1. The number of imidazole rings is 1. The number of aliphatic hydroxyl groups excluding tert-OH is 3. The number of aliphatic carboxylic acids is 1. The zero-order chi connectivity index (χ0) is 43.6. The van der Waals surface area contributed by atoms with E-state index >= 15 is 0 Å². The SMILES string of the molecule is CC(C)(COP(=O)(O)OP(=O)(O)OC[C@H]1O[C@@H](n2cnc3c(N)ncnc32)[C@H](O)[C@@H]1OP(=O)(O)O)[C@@H](O)C(=O)NCCC(=O)NCCSC(=O)CC(O)CCC(=O)[O-]. The van der Waals surface area contributed by atoms with Gasteiger partial charge in [-0.3, -0.25) is 32.5 Å². The van der Waals surface area contributed by atoms with Crippen molar-refractivity contribution in [1.29, 1.82) is 0 Å². The third-order valence-corrected chi connectivity index (χ3v) is 11.8. The van der Waals surface area contributed by atoms with Crippen molar-refractivity contribution in [1.82, 2.24) is 30.2 Å². The molecule has 1 aliphatic rings. The molecule has 0 aromatic carbocycles. The summed E-state index contributed by atoms with van der Waals surface area (Å²) in [5, 5.41) is 45.8. The number of amides is 2. The number of nitrogen functional groups attached to an aromatic ring is 1. The van der Waals surface area contributed by atoms with Crippen LogP contribution in [0.15, 0.2) is 12.7 Å². The molecular weight excluding hydrogens is 867 g/mol. The number of fused-ring (bicyclic) bond motifs is 1. The van der Waals surface area contributed by atoms with E-state index in [1.54, 1.807) is 0 Å². The first kappa shape index (κ1) is 49.4. The van der Waals surface area contributed by atoms with Crippen molar-refractivity contribution in [2.45, 2.75) is 76.3 Å². The van der Waals surface area contributed by atoms with Crippen LogP contribution in [0.4, 0.5) is 5.82 Å². The highest BCUT2D eigenvalue weighted by molar-refractivity contribution is 8.13. The number of aliphatic hydroxyl groups is 3. The third-order valence-electron chi connectivity index (χ3n) is 7.85. The maximum Gasteiger partial charge on any atom is 0.481 e. The average molecular weight is 911 g/mol. The molecule has 0 aliphatic carbocycles. The molecular formula is C27H43N7O20P3S-. The van der Waals surface area contributed by atoms with Crippen LogP contribution in [0.5, 0.6) is 0 Å². The summed E-state index contributed by atoms with van der Waals surface area (Å²) in [7, 11) is -16.5. The van der Waals surface area contributed by atoms with Crippen molar-refractivity contribution in [2.75, 3.05) is 37.8 Å². The Balaban J connectivity index is 1.45. The van der Waals surface area contributed by atoms with Crippen LogP contribution >= 0.6 is 35.2 Å². The van der Waals surface area contributed by atoms with E-state index in [0.29, 0.717) is 0 Å². The van der Waals surface area contributed by atoms with Gasteiger partial charge in [0.25, 0.3) is 0 Å². The van der Waals surface area contributed by atoms with Gasteiger partial charge in [-0.2, -0.15) is 4.31 Å². The Hall–Kier alpha value is -3.01. The number of nitrogens with two attached hydrogens (primary N) is 1. The van der Waals surface area contributed by atoms with Gasteiger partial charge in [0.1, 0.15) is 36.3 Å². The van der Waals surface area contributed by atoms with Crippen LogP contribution in [0.3, 0.4) is 0 Å². The molecule has 58 heavy (non-hydrogen) atoms. The van der Waals surface area contributed by atoms with E-state index in [-0.39, 0.29) is 55.1 Å². The molecule has 328 valence electrons. The number of anilines is 1. The molecule has 2 amide bonds. The number of carbonyl (C=O) groups excluding carboxylic acids is 4. The number of phosphoric acid groups is 3. The highest BCUT2D eigenvalue weighted by Gasteiger charge is 2.50. The van der Waals surface area contributed by atoms with E-state index in [2.05, 4.69) is 34.4 Å². The number of thioether (sulfide) groups is 1. The lowest BCUT2D eigenvalue weighted by Gasteiger charge is -2.30. The Morgan fingerprint density at radius 2 is 1.71 bits per heavy atom. The Labute approximate surface area is 332 Å². The first-order valence-electron chi connectivity index (χ1n) is 16.7. The fourth-order valence-corrected chi connectivity index (χ4v) is 8.50. The first-order valence-corrected chi connectivity index (χ1v) is 22.2. The Kier molecular flexibility index (Phi) is 17.9. The molecule has 0 bridgehead atoms. The van der Waals surface area contributed by atoms with Gasteiger partial charge in [0.05, 0.1) is 25.6 Å². The molecule has 3 heterocycles. The topological polar surface area (TPSA) is 424 Å². The molecule has 1 fully saturated rings. The quantitative estimate of drug-likeness (QED) is 0.0369. The molecule has 0 radical (unpaired) electrons. The molecule has 11 N–H and O–H groups in total. The lowest BCUT2D eigenvalue weighted by atomic mass is 9.87. The smallest absolute Gasteiger partial charge is 0.481 e. The van der Waals surface area contributed by atoms with Crippen LogP contribution in [-0.2, 0) is 55.5 Å². The number of carboxylic acid groups (broad SMARTS) is 1. The highest BCUT2D eigenvalue weighted by atomic mass is 32.2. The number of nitrogens with one attached hydrogen (secondary N) is 2. The largest absolute Gasteiger partial charge is 0.550 e. The molecule has 0 saturated carbocycles. The summed E-state index contributed by atoms with van der Waals surface area (Å²) >= 11 is 0.810. The molecule has 3 rings (SSSR count). The van der Waals surface area contributed by atoms with Crippen molar-refractivity contribution in [3.05, 3.63) is 12.7 Å². The number of hydrogen-bond donors (Lipinski definition) is 10. The molecule has 8 atom stereocenters. The molecule has 3 unspecified atom stereocenters. The zero-order valence-electron chi connectivity index (χ0n) is 30.5. The summed E-state index contributed by atoms with van der Waals surface area (Å²) in [6.45, 7) is 0.115. The number of hydrogen-bond acceptors (Lipinski definition) is 21. The van der Waals surface area contributed by atoms with Crippen molar-refractivity contribution >= 4 is 75.1 Å². The number of carboxylic acids is 1. The van der Waals surface area contributed by atoms with Crippen molar-refractivity contribution in [3.8, 4) is 0 Å². The number of rotatable bonds is 24. The van der Waals surface area contributed by atoms with Crippen LogP contribution < -0.4 is 21.5 Å². The fourth-order valence-electron chi connectivity index (χ4n) is 4.93. The second kappa shape index (κ2) is 21.0. The number of aromatic nitrogens is 4. The van der Waals surface area contributed by atoms with Crippen LogP contribution in [0.2, 0.25) is 0 Å². The van der Waals surface area contributed by atoms with Gasteiger partial charge in [-0.05, 0) is 12.8 Å². The number of nitrogens with zero attached hydrogens (tertiary/aromatic N) is 4. The third kappa shape index (κ3) is 15.5.